The zero-order valence-electron chi connectivity index (χ0n) is 10.1. The fourth-order valence-electron chi connectivity index (χ4n) is 2.35. The molecule has 4 heteroatoms. The van der Waals surface area contributed by atoms with Crippen molar-refractivity contribution in [1.82, 2.24) is 0 Å². The Morgan fingerprint density at radius 1 is 1.35 bits per heavy atom. The first-order valence-electron chi connectivity index (χ1n) is 6.00. The number of ether oxygens (including phenoxy) is 1. The zero-order chi connectivity index (χ0) is 12.3. The van der Waals surface area contributed by atoms with Crippen molar-refractivity contribution >= 4 is 16.5 Å². The molecule has 0 heterocycles. The molecule has 0 spiro atoms. The molecule has 1 aromatic carbocycles. The normalized spacial score (nSPS) is 26.6. The largest absolute Gasteiger partial charge is 0.398 e. The Labute approximate surface area is 105 Å². The summed E-state index contributed by atoms with van der Waals surface area (Å²) in [6.45, 7) is 0. The van der Waals surface area contributed by atoms with Gasteiger partial charge in [0.1, 0.15) is 0 Å². The lowest BCUT2D eigenvalue weighted by molar-refractivity contribution is 0.0725. The zero-order valence-corrected chi connectivity index (χ0v) is 10.9. The molecule has 0 saturated heterocycles. The number of rotatable bonds is 3. The summed E-state index contributed by atoms with van der Waals surface area (Å²) in [7, 11) is 0.720. The smallest absolute Gasteiger partial charge is 0.0620 e. The number of benzene rings is 1. The van der Waals surface area contributed by atoms with E-state index >= 15 is 0 Å². The van der Waals surface area contributed by atoms with Crippen molar-refractivity contribution in [2.75, 3.05) is 12.8 Å². The molecule has 0 aromatic heterocycles. The van der Waals surface area contributed by atoms with Crippen LogP contribution in [0, 0.1) is 0 Å². The van der Waals surface area contributed by atoms with Gasteiger partial charge in [-0.15, -0.1) is 0 Å². The fraction of sp³-hybridized carbons (Fsp3) is 0.538. The Kier molecular flexibility index (Phi) is 4.18. The van der Waals surface area contributed by atoms with Crippen LogP contribution in [0.25, 0.3) is 0 Å². The average Bonchev–Trinajstić information content (AvgIpc) is 2.38. The number of methoxy groups -OCH3 is 1. The van der Waals surface area contributed by atoms with E-state index < -0.39 is 10.8 Å². The Bertz CT molecular complexity index is 408. The van der Waals surface area contributed by atoms with E-state index in [2.05, 4.69) is 0 Å². The summed E-state index contributed by atoms with van der Waals surface area (Å²) in [6, 6.07) is 7.43. The first kappa shape index (κ1) is 12.6. The Morgan fingerprint density at radius 3 is 2.82 bits per heavy atom. The lowest BCUT2D eigenvalue weighted by atomic mass is 9.97. The third kappa shape index (κ3) is 2.87. The van der Waals surface area contributed by atoms with Crippen LogP contribution in [0.15, 0.2) is 29.2 Å². The van der Waals surface area contributed by atoms with Crippen LogP contribution in [0.2, 0.25) is 0 Å². The van der Waals surface area contributed by atoms with Gasteiger partial charge in [-0.1, -0.05) is 12.1 Å². The van der Waals surface area contributed by atoms with Gasteiger partial charge < -0.3 is 10.5 Å². The van der Waals surface area contributed by atoms with Gasteiger partial charge in [0, 0.05) is 18.0 Å². The predicted molar refractivity (Wildman–Crippen MR) is 70.3 cm³/mol. The summed E-state index contributed by atoms with van der Waals surface area (Å²) in [5, 5.41) is 0.179. The molecule has 0 bridgehead atoms. The average molecular weight is 253 g/mol. The van der Waals surface area contributed by atoms with E-state index in [1.165, 1.54) is 0 Å². The van der Waals surface area contributed by atoms with Gasteiger partial charge in [0.05, 0.1) is 21.8 Å². The molecule has 0 aliphatic heterocycles. The van der Waals surface area contributed by atoms with Crippen LogP contribution in [-0.4, -0.2) is 22.7 Å². The molecule has 1 fully saturated rings. The highest BCUT2D eigenvalue weighted by molar-refractivity contribution is 7.85. The lowest BCUT2D eigenvalue weighted by Gasteiger charge is -2.27. The summed E-state index contributed by atoms with van der Waals surface area (Å²) in [4.78, 5) is 0.772. The highest BCUT2D eigenvalue weighted by atomic mass is 32.2. The molecule has 17 heavy (non-hydrogen) atoms. The van der Waals surface area contributed by atoms with Crippen molar-refractivity contribution in [1.29, 1.82) is 0 Å². The molecular formula is C13H19NO2S. The first-order valence-corrected chi connectivity index (χ1v) is 7.21. The summed E-state index contributed by atoms with van der Waals surface area (Å²) in [5.41, 5.74) is 6.50. The van der Waals surface area contributed by atoms with Crippen LogP contribution in [0.1, 0.15) is 25.7 Å². The number of hydrogen-bond acceptors (Lipinski definition) is 3. The molecular weight excluding hydrogens is 234 g/mol. The van der Waals surface area contributed by atoms with Crippen LogP contribution < -0.4 is 5.73 Å². The van der Waals surface area contributed by atoms with E-state index in [-0.39, 0.29) is 11.4 Å². The standard InChI is InChI=1S/C13H19NO2S/c1-16-10-5-4-6-11(9-10)17(15)13-8-3-2-7-12(13)14/h2-3,7-8,10-11H,4-6,9,14H2,1H3. The first-order chi connectivity index (χ1) is 8.22. The Hall–Kier alpha value is -0.870. The molecule has 0 radical (unpaired) electrons. The van der Waals surface area contributed by atoms with E-state index in [1.807, 2.05) is 24.3 Å². The van der Waals surface area contributed by atoms with Crippen molar-refractivity contribution in [3.63, 3.8) is 0 Å². The van der Waals surface area contributed by atoms with Crippen molar-refractivity contribution in [2.45, 2.75) is 41.9 Å². The maximum absolute atomic E-state index is 12.5. The minimum Gasteiger partial charge on any atom is -0.398 e. The quantitative estimate of drug-likeness (QED) is 0.841. The molecule has 2 N–H and O–H groups in total. The highest BCUT2D eigenvalue weighted by Crippen LogP contribution is 2.29. The molecule has 2 rings (SSSR count). The molecule has 94 valence electrons. The van der Waals surface area contributed by atoms with Gasteiger partial charge in [-0.05, 0) is 37.8 Å². The lowest BCUT2D eigenvalue weighted by Crippen LogP contribution is -2.28. The number of nitrogen functional groups attached to an aromatic ring is 1. The molecule has 1 aromatic rings. The number of anilines is 1. The molecule has 3 unspecified atom stereocenters. The second-order valence-corrected chi connectivity index (χ2v) is 6.18. The van der Waals surface area contributed by atoms with Gasteiger partial charge in [0.25, 0.3) is 0 Å². The fourth-order valence-corrected chi connectivity index (χ4v) is 4.00. The van der Waals surface area contributed by atoms with Gasteiger partial charge in [-0.2, -0.15) is 0 Å². The predicted octanol–water partition coefficient (Wildman–Crippen LogP) is 2.33. The second kappa shape index (κ2) is 5.65. The van der Waals surface area contributed by atoms with E-state index in [0.29, 0.717) is 5.69 Å². The number of hydrogen-bond donors (Lipinski definition) is 1. The van der Waals surface area contributed by atoms with Gasteiger partial charge in [0.15, 0.2) is 0 Å². The van der Waals surface area contributed by atoms with Crippen LogP contribution in [0.5, 0.6) is 0 Å². The number of para-hydroxylation sites is 1. The molecule has 1 aliphatic carbocycles. The number of nitrogens with two attached hydrogens (primary N) is 1. The van der Waals surface area contributed by atoms with Crippen molar-refractivity contribution < 1.29 is 8.95 Å². The molecule has 3 atom stereocenters. The Balaban J connectivity index is 2.12. The third-order valence-electron chi connectivity index (χ3n) is 3.35. The van der Waals surface area contributed by atoms with Crippen LogP contribution in [0.4, 0.5) is 5.69 Å². The Morgan fingerprint density at radius 2 is 2.12 bits per heavy atom. The van der Waals surface area contributed by atoms with Crippen LogP contribution in [0.3, 0.4) is 0 Å². The summed E-state index contributed by atoms with van der Waals surface area (Å²) < 4.78 is 17.8. The van der Waals surface area contributed by atoms with Crippen molar-refractivity contribution in [3.05, 3.63) is 24.3 Å². The molecule has 1 aliphatic rings. The maximum Gasteiger partial charge on any atom is 0.0620 e. The monoisotopic (exact) mass is 253 g/mol. The second-order valence-electron chi connectivity index (χ2n) is 4.48. The molecule has 3 nitrogen and oxygen atoms in total. The minimum absolute atomic E-state index is 0.179. The van der Waals surface area contributed by atoms with E-state index in [4.69, 9.17) is 10.5 Å². The van der Waals surface area contributed by atoms with Gasteiger partial charge >= 0.3 is 0 Å². The SMILES string of the molecule is COC1CCCC(S(=O)c2ccccc2N)C1. The minimum atomic E-state index is -1.01. The molecule has 0 amide bonds. The summed E-state index contributed by atoms with van der Waals surface area (Å²) >= 11 is 0. The van der Waals surface area contributed by atoms with Gasteiger partial charge in [0.2, 0.25) is 0 Å². The maximum atomic E-state index is 12.5. The van der Waals surface area contributed by atoms with Crippen LogP contribution in [-0.2, 0) is 15.5 Å². The van der Waals surface area contributed by atoms with Crippen LogP contribution >= 0.6 is 0 Å². The molecule has 1 saturated carbocycles. The third-order valence-corrected chi connectivity index (χ3v) is 5.19. The van der Waals surface area contributed by atoms with Gasteiger partial charge in [-0.3, -0.25) is 4.21 Å². The van der Waals surface area contributed by atoms with Crippen molar-refractivity contribution in [3.8, 4) is 0 Å². The summed E-state index contributed by atoms with van der Waals surface area (Å²) in [6.07, 6.45) is 4.29. The van der Waals surface area contributed by atoms with Crippen molar-refractivity contribution in [2.24, 2.45) is 0 Å². The highest BCUT2D eigenvalue weighted by Gasteiger charge is 2.27. The van der Waals surface area contributed by atoms with Gasteiger partial charge in [-0.25, -0.2) is 0 Å². The van der Waals surface area contributed by atoms with E-state index in [1.54, 1.807) is 7.11 Å². The van der Waals surface area contributed by atoms with E-state index in [9.17, 15) is 4.21 Å². The summed E-state index contributed by atoms with van der Waals surface area (Å²) in [5.74, 6) is 0. The topological polar surface area (TPSA) is 52.3 Å². The van der Waals surface area contributed by atoms with E-state index in [0.717, 1.165) is 30.6 Å².